The molecule has 1 aromatic carbocycles. The molecule has 1 N–H and O–H groups in total. The van der Waals surface area contributed by atoms with Gasteiger partial charge in [0.15, 0.2) is 0 Å². The van der Waals surface area contributed by atoms with Crippen molar-refractivity contribution in [3.63, 3.8) is 0 Å². The molecule has 2 heteroatoms. The molecule has 0 radical (unpaired) electrons. The molecule has 0 aliphatic carbocycles. The molecule has 2 nitrogen and oxygen atoms in total. The molecule has 0 heterocycles. The molecular formula is C17H29NO. The third-order valence-corrected chi connectivity index (χ3v) is 2.90. The minimum Gasteiger partial charge on any atom is -0.494 e. The average molecular weight is 263 g/mol. The Labute approximate surface area is 118 Å². The minimum absolute atomic E-state index is 0.328. The second kappa shape index (κ2) is 8.21. The molecule has 0 fully saturated rings. The first-order valence-corrected chi connectivity index (χ1v) is 7.44. The van der Waals surface area contributed by atoms with Gasteiger partial charge in [-0.05, 0) is 29.5 Å². The van der Waals surface area contributed by atoms with Crippen LogP contribution in [0.1, 0.15) is 52.5 Å². The molecule has 0 saturated carbocycles. The zero-order valence-corrected chi connectivity index (χ0v) is 13.0. The van der Waals surface area contributed by atoms with E-state index in [-0.39, 0.29) is 0 Å². The van der Waals surface area contributed by atoms with Crippen molar-refractivity contribution in [1.29, 1.82) is 0 Å². The first-order valence-electron chi connectivity index (χ1n) is 7.44. The molecule has 0 aliphatic rings. The fourth-order valence-corrected chi connectivity index (χ4v) is 1.87. The second-order valence-corrected chi connectivity index (χ2v) is 6.37. The highest BCUT2D eigenvalue weighted by Gasteiger charge is 2.08. The van der Waals surface area contributed by atoms with E-state index in [1.165, 1.54) is 18.4 Å². The fraction of sp³-hybridized carbons (Fsp3) is 0.647. The maximum Gasteiger partial charge on any atom is 0.119 e. The predicted molar refractivity (Wildman–Crippen MR) is 82.6 cm³/mol. The lowest BCUT2D eigenvalue weighted by atomic mass is 9.97. The largest absolute Gasteiger partial charge is 0.494 e. The average Bonchev–Trinajstić information content (AvgIpc) is 2.34. The summed E-state index contributed by atoms with van der Waals surface area (Å²) in [4.78, 5) is 0. The van der Waals surface area contributed by atoms with Gasteiger partial charge in [0.25, 0.3) is 0 Å². The van der Waals surface area contributed by atoms with E-state index in [0.29, 0.717) is 5.41 Å². The molecule has 0 aromatic heterocycles. The van der Waals surface area contributed by atoms with Crippen molar-refractivity contribution in [3.05, 3.63) is 29.8 Å². The summed E-state index contributed by atoms with van der Waals surface area (Å²) in [5, 5.41) is 3.49. The molecule has 0 aliphatic heterocycles. The van der Waals surface area contributed by atoms with E-state index in [4.69, 9.17) is 4.74 Å². The van der Waals surface area contributed by atoms with Gasteiger partial charge < -0.3 is 10.1 Å². The maximum absolute atomic E-state index is 5.77. The molecule has 1 aromatic rings. The van der Waals surface area contributed by atoms with Gasteiger partial charge in [-0.15, -0.1) is 0 Å². The Morgan fingerprint density at radius 2 is 1.95 bits per heavy atom. The first kappa shape index (κ1) is 16.0. The van der Waals surface area contributed by atoms with Crippen LogP contribution < -0.4 is 10.1 Å². The summed E-state index contributed by atoms with van der Waals surface area (Å²) in [5.41, 5.74) is 1.62. The zero-order chi connectivity index (χ0) is 14.1. The summed E-state index contributed by atoms with van der Waals surface area (Å²) in [6.45, 7) is 11.7. The van der Waals surface area contributed by atoms with Crippen molar-refractivity contribution >= 4 is 0 Å². The van der Waals surface area contributed by atoms with Gasteiger partial charge in [0.2, 0.25) is 0 Å². The predicted octanol–water partition coefficient (Wildman–Crippen LogP) is 4.39. The smallest absolute Gasteiger partial charge is 0.119 e. The van der Waals surface area contributed by atoms with Crippen molar-refractivity contribution in [1.82, 2.24) is 5.32 Å². The summed E-state index contributed by atoms with van der Waals surface area (Å²) in [6.07, 6.45) is 3.62. The van der Waals surface area contributed by atoms with Gasteiger partial charge in [0, 0.05) is 13.1 Å². The Bertz CT molecular complexity index is 355. The maximum atomic E-state index is 5.77. The van der Waals surface area contributed by atoms with E-state index in [1.54, 1.807) is 0 Å². The number of nitrogens with one attached hydrogen (secondary N) is 1. The van der Waals surface area contributed by atoms with Crippen LogP contribution in [-0.2, 0) is 6.54 Å². The summed E-state index contributed by atoms with van der Waals surface area (Å²) < 4.78 is 5.77. The van der Waals surface area contributed by atoms with Crippen LogP contribution in [0.5, 0.6) is 5.75 Å². The fourth-order valence-electron chi connectivity index (χ4n) is 1.87. The normalized spacial score (nSPS) is 11.6. The summed E-state index contributed by atoms with van der Waals surface area (Å²) >= 11 is 0. The second-order valence-electron chi connectivity index (χ2n) is 6.37. The lowest BCUT2D eigenvalue weighted by molar-refractivity contribution is 0.306. The quantitative estimate of drug-likeness (QED) is 0.702. The van der Waals surface area contributed by atoms with E-state index in [9.17, 15) is 0 Å². The summed E-state index contributed by atoms with van der Waals surface area (Å²) in [7, 11) is 0. The zero-order valence-electron chi connectivity index (χ0n) is 13.0. The van der Waals surface area contributed by atoms with Crippen LogP contribution in [0, 0.1) is 5.41 Å². The van der Waals surface area contributed by atoms with E-state index >= 15 is 0 Å². The van der Waals surface area contributed by atoms with Crippen LogP contribution in [0.3, 0.4) is 0 Å². The Balaban J connectivity index is 2.35. The molecule has 0 unspecified atom stereocenters. The highest BCUT2D eigenvalue weighted by Crippen LogP contribution is 2.15. The Morgan fingerprint density at radius 3 is 2.63 bits per heavy atom. The highest BCUT2D eigenvalue weighted by atomic mass is 16.5. The van der Waals surface area contributed by atoms with Crippen LogP contribution in [0.4, 0.5) is 0 Å². The van der Waals surface area contributed by atoms with Gasteiger partial charge in [-0.3, -0.25) is 0 Å². The molecule has 0 saturated heterocycles. The van der Waals surface area contributed by atoms with Gasteiger partial charge in [-0.1, -0.05) is 52.7 Å². The first-order chi connectivity index (χ1) is 9.01. The highest BCUT2D eigenvalue weighted by molar-refractivity contribution is 5.28. The number of rotatable bonds is 8. The number of benzene rings is 1. The van der Waals surface area contributed by atoms with Crippen molar-refractivity contribution in [2.75, 3.05) is 13.2 Å². The third-order valence-electron chi connectivity index (χ3n) is 2.90. The molecule has 108 valence electrons. The Morgan fingerprint density at radius 1 is 1.16 bits per heavy atom. The molecule has 0 spiro atoms. The van der Waals surface area contributed by atoms with E-state index in [2.05, 4.69) is 51.2 Å². The lowest BCUT2D eigenvalue weighted by Gasteiger charge is -2.18. The third kappa shape index (κ3) is 7.89. The molecular weight excluding hydrogens is 234 g/mol. The van der Waals surface area contributed by atoms with Gasteiger partial charge >= 0.3 is 0 Å². The monoisotopic (exact) mass is 263 g/mol. The van der Waals surface area contributed by atoms with Crippen molar-refractivity contribution in [2.24, 2.45) is 5.41 Å². The SMILES string of the molecule is CCCCCOc1cccc(CNCC(C)(C)C)c1. The number of unbranched alkanes of at least 4 members (excludes halogenated alkanes) is 2. The van der Waals surface area contributed by atoms with Crippen LogP contribution >= 0.6 is 0 Å². The summed E-state index contributed by atoms with van der Waals surface area (Å²) in [6, 6.07) is 8.40. The van der Waals surface area contributed by atoms with Gasteiger partial charge in [-0.25, -0.2) is 0 Å². The standard InChI is InChI=1S/C17H29NO/c1-5-6-7-11-19-16-10-8-9-15(12-16)13-18-14-17(2,3)4/h8-10,12,18H,5-7,11,13-14H2,1-4H3. The van der Waals surface area contributed by atoms with Crippen LogP contribution in [0.15, 0.2) is 24.3 Å². The lowest BCUT2D eigenvalue weighted by Crippen LogP contribution is -2.26. The summed E-state index contributed by atoms with van der Waals surface area (Å²) in [5.74, 6) is 0.992. The van der Waals surface area contributed by atoms with Gasteiger partial charge in [-0.2, -0.15) is 0 Å². The molecule has 0 amide bonds. The van der Waals surface area contributed by atoms with Crippen molar-refractivity contribution < 1.29 is 4.74 Å². The minimum atomic E-state index is 0.328. The number of ether oxygens (including phenoxy) is 1. The van der Waals surface area contributed by atoms with E-state index < -0.39 is 0 Å². The molecule has 0 bridgehead atoms. The topological polar surface area (TPSA) is 21.3 Å². The number of hydrogen-bond donors (Lipinski definition) is 1. The van der Waals surface area contributed by atoms with Crippen molar-refractivity contribution in [2.45, 2.75) is 53.5 Å². The Kier molecular flexibility index (Phi) is 6.93. The van der Waals surface area contributed by atoms with Gasteiger partial charge in [0.1, 0.15) is 5.75 Å². The molecule has 19 heavy (non-hydrogen) atoms. The van der Waals surface area contributed by atoms with Crippen LogP contribution in [0.2, 0.25) is 0 Å². The molecule has 1 rings (SSSR count). The van der Waals surface area contributed by atoms with Gasteiger partial charge in [0.05, 0.1) is 6.61 Å². The molecule has 0 atom stereocenters. The van der Waals surface area contributed by atoms with Crippen LogP contribution in [-0.4, -0.2) is 13.2 Å². The number of hydrogen-bond acceptors (Lipinski definition) is 2. The Hall–Kier alpha value is -1.02. The van der Waals surface area contributed by atoms with E-state index in [0.717, 1.165) is 31.9 Å². The van der Waals surface area contributed by atoms with Crippen molar-refractivity contribution in [3.8, 4) is 5.75 Å². The van der Waals surface area contributed by atoms with E-state index in [1.807, 2.05) is 6.07 Å². The van der Waals surface area contributed by atoms with Crippen LogP contribution in [0.25, 0.3) is 0 Å².